The summed E-state index contributed by atoms with van der Waals surface area (Å²) in [6.07, 6.45) is 4.93. The molecule has 1 amide bonds. The molecule has 3 aromatic rings. The van der Waals surface area contributed by atoms with E-state index < -0.39 is 17.7 Å². The molecule has 1 aliphatic rings. The van der Waals surface area contributed by atoms with Crippen molar-refractivity contribution in [3.63, 3.8) is 0 Å². The SMILES string of the molecule is C=CCOc1ccc(/C(O)=C2\C(=O)C(=O)N(Cc3cccnc3)[C@@H]2c2ccc(OCC)cc2)cc1. The van der Waals surface area contributed by atoms with Crippen molar-refractivity contribution in [2.75, 3.05) is 13.2 Å². The van der Waals surface area contributed by atoms with Gasteiger partial charge in [0.2, 0.25) is 0 Å². The van der Waals surface area contributed by atoms with Crippen molar-refractivity contribution in [3.05, 3.63) is 108 Å². The molecule has 1 N–H and O–H groups in total. The van der Waals surface area contributed by atoms with Crippen LogP contribution in [0.4, 0.5) is 0 Å². The summed E-state index contributed by atoms with van der Waals surface area (Å²) in [5.41, 5.74) is 1.90. The van der Waals surface area contributed by atoms with Crippen LogP contribution in [0.2, 0.25) is 0 Å². The number of amides is 1. The third-order valence-corrected chi connectivity index (χ3v) is 5.62. The van der Waals surface area contributed by atoms with Crippen LogP contribution in [0.1, 0.15) is 29.7 Å². The molecule has 1 atom stereocenters. The summed E-state index contributed by atoms with van der Waals surface area (Å²) in [7, 11) is 0. The largest absolute Gasteiger partial charge is 0.507 e. The number of benzene rings is 2. The Labute approximate surface area is 203 Å². The third-order valence-electron chi connectivity index (χ3n) is 5.62. The van der Waals surface area contributed by atoms with E-state index in [-0.39, 0.29) is 17.9 Å². The second kappa shape index (κ2) is 10.7. The topological polar surface area (TPSA) is 89.0 Å². The molecule has 7 nitrogen and oxygen atoms in total. The Morgan fingerprint density at radius 1 is 1.06 bits per heavy atom. The van der Waals surface area contributed by atoms with Gasteiger partial charge >= 0.3 is 0 Å². The van der Waals surface area contributed by atoms with Crippen molar-refractivity contribution >= 4 is 17.4 Å². The maximum absolute atomic E-state index is 13.2. The van der Waals surface area contributed by atoms with Crippen LogP contribution in [-0.4, -0.2) is 39.9 Å². The van der Waals surface area contributed by atoms with Gasteiger partial charge in [0.15, 0.2) is 0 Å². The molecule has 0 aliphatic carbocycles. The standard InChI is InChI=1S/C28H26N2O5/c1-3-16-35-23-13-9-21(10-14-23)26(31)24-25(20-7-11-22(12-8-20)34-4-2)30(28(33)27(24)32)18-19-6-5-15-29-17-19/h3,5-15,17,25,31H,1,4,16,18H2,2H3/b26-24+/t25-/m1/s1. The average molecular weight is 471 g/mol. The van der Waals surface area contributed by atoms with Gasteiger partial charge in [-0.25, -0.2) is 0 Å². The van der Waals surface area contributed by atoms with Crippen LogP contribution >= 0.6 is 0 Å². The van der Waals surface area contributed by atoms with Crippen LogP contribution in [0.5, 0.6) is 11.5 Å². The number of hydrogen-bond donors (Lipinski definition) is 1. The molecule has 0 radical (unpaired) electrons. The first-order valence-electron chi connectivity index (χ1n) is 11.3. The lowest BCUT2D eigenvalue weighted by atomic mass is 9.95. The Hall–Kier alpha value is -4.39. The van der Waals surface area contributed by atoms with Gasteiger partial charge in [0.1, 0.15) is 23.9 Å². The predicted octanol–water partition coefficient (Wildman–Crippen LogP) is 4.67. The molecule has 0 spiro atoms. The summed E-state index contributed by atoms with van der Waals surface area (Å²) in [5, 5.41) is 11.2. The minimum Gasteiger partial charge on any atom is -0.507 e. The van der Waals surface area contributed by atoms with Gasteiger partial charge in [0.05, 0.1) is 18.2 Å². The molecule has 0 saturated carbocycles. The molecule has 1 aliphatic heterocycles. The summed E-state index contributed by atoms with van der Waals surface area (Å²) in [6.45, 7) is 6.55. The van der Waals surface area contributed by atoms with Gasteiger partial charge in [-0.3, -0.25) is 14.6 Å². The van der Waals surface area contributed by atoms with Crippen LogP contribution in [0.15, 0.2) is 91.3 Å². The highest BCUT2D eigenvalue weighted by Crippen LogP contribution is 2.40. The van der Waals surface area contributed by atoms with E-state index in [9.17, 15) is 14.7 Å². The maximum Gasteiger partial charge on any atom is 0.295 e. The molecule has 1 aromatic heterocycles. The van der Waals surface area contributed by atoms with Gasteiger partial charge < -0.3 is 19.5 Å². The summed E-state index contributed by atoms with van der Waals surface area (Å²) in [4.78, 5) is 31.9. The molecule has 7 heteroatoms. The molecule has 178 valence electrons. The highest BCUT2D eigenvalue weighted by atomic mass is 16.5. The Kier molecular flexibility index (Phi) is 7.26. The van der Waals surface area contributed by atoms with E-state index >= 15 is 0 Å². The number of nitrogens with zero attached hydrogens (tertiary/aromatic N) is 2. The number of aromatic nitrogens is 1. The zero-order chi connectivity index (χ0) is 24.8. The number of aliphatic hydroxyl groups excluding tert-OH is 1. The van der Waals surface area contributed by atoms with Crippen molar-refractivity contribution in [1.82, 2.24) is 9.88 Å². The number of hydrogen-bond acceptors (Lipinski definition) is 6. The van der Waals surface area contributed by atoms with Gasteiger partial charge in [-0.05, 0) is 60.5 Å². The van der Waals surface area contributed by atoms with E-state index in [1.165, 1.54) is 4.90 Å². The van der Waals surface area contributed by atoms with E-state index in [4.69, 9.17) is 9.47 Å². The maximum atomic E-state index is 13.2. The van der Waals surface area contributed by atoms with Crippen molar-refractivity contribution < 1.29 is 24.2 Å². The van der Waals surface area contributed by atoms with Crippen molar-refractivity contribution in [2.24, 2.45) is 0 Å². The second-order valence-corrected chi connectivity index (χ2v) is 7.91. The number of likely N-dealkylation sites (tertiary alicyclic amines) is 1. The zero-order valence-electron chi connectivity index (χ0n) is 19.4. The highest BCUT2D eigenvalue weighted by Gasteiger charge is 2.46. The quantitative estimate of drug-likeness (QED) is 0.212. The van der Waals surface area contributed by atoms with Crippen molar-refractivity contribution in [2.45, 2.75) is 19.5 Å². The zero-order valence-corrected chi connectivity index (χ0v) is 19.4. The first kappa shape index (κ1) is 23.8. The number of Topliss-reactive ketones (excluding diaryl/α,β-unsaturated/α-hetero) is 1. The van der Waals surface area contributed by atoms with Gasteiger partial charge in [-0.2, -0.15) is 0 Å². The molecule has 0 bridgehead atoms. The Morgan fingerprint density at radius 3 is 2.37 bits per heavy atom. The average Bonchev–Trinajstić information content (AvgIpc) is 3.13. The number of aliphatic hydroxyl groups is 1. The second-order valence-electron chi connectivity index (χ2n) is 7.91. The van der Waals surface area contributed by atoms with Crippen molar-refractivity contribution in [1.29, 1.82) is 0 Å². The lowest BCUT2D eigenvalue weighted by molar-refractivity contribution is -0.140. The smallest absolute Gasteiger partial charge is 0.295 e. The van der Waals surface area contributed by atoms with Crippen molar-refractivity contribution in [3.8, 4) is 11.5 Å². The van der Waals surface area contributed by atoms with Crippen LogP contribution < -0.4 is 9.47 Å². The Bertz CT molecular complexity index is 1230. The first-order valence-corrected chi connectivity index (χ1v) is 11.3. The van der Waals surface area contributed by atoms with Crippen LogP contribution in [0, 0.1) is 0 Å². The molecule has 2 aromatic carbocycles. The minimum atomic E-state index is -0.775. The Morgan fingerprint density at radius 2 is 1.74 bits per heavy atom. The first-order chi connectivity index (χ1) is 17.0. The number of rotatable bonds is 9. The molecule has 0 unspecified atom stereocenters. The lowest BCUT2D eigenvalue weighted by Gasteiger charge is -2.25. The van der Waals surface area contributed by atoms with E-state index in [2.05, 4.69) is 11.6 Å². The molecule has 1 saturated heterocycles. The Balaban J connectivity index is 1.77. The minimum absolute atomic E-state index is 0.0304. The van der Waals surface area contributed by atoms with Gasteiger partial charge in [-0.15, -0.1) is 0 Å². The molecule has 35 heavy (non-hydrogen) atoms. The number of ether oxygens (including phenoxy) is 2. The fraction of sp³-hybridized carbons (Fsp3) is 0.179. The summed E-state index contributed by atoms with van der Waals surface area (Å²) in [6, 6.07) is 16.7. The van der Waals surface area contributed by atoms with Crippen LogP contribution in [0.25, 0.3) is 5.76 Å². The fourth-order valence-corrected chi connectivity index (χ4v) is 4.01. The summed E-state index contributed by atoms with van der Waals surface area (Å²) < 4.78 is 11.0. The monoisotopic (exact) mass is 470 g/mol. The fourth-order valence-electron chi connectivity index (χ4n) is 4.01. The number of carbonyl (C=O) groups is 2. The van der Waals surface area contributed by atoms with E-state index in [0.29, 0.717) is 35.8 Å². The molecule has 2 heterocycles. The van der Waals surface area contributed by atoms with Gasteiger partial charge in [-0.1, -0.05) is 30.9 Å². The van der Waals surface area contributed by atoms with Crippen LogP contribution in [0.3, 0.4) is 0 Å². The van der Waals surface area contributed by atoms with Gasteiger partial charge in [0, 0.05) is 24.5 Å². The number of pyridine rings is 1. The van der Waals surface area contributed by atoms with E-state index in [1.54, 1.807) is 73.1 Å². The number of carbonyl (C=O) groups excluding carboxylic acids is 2. The van der Waals surface area contributed by atoms with E-state index in [1.807, 2.05) is 13.0 Å². The van der Waals surface area contributed by atoms with E-state index in [0.717, 1.165) is 5.56 Å². The molecule has 4 rings (SSSR count). The molecular weight excluding hydrogens is 444 g/mol. The van der Waals surface area contributed by atoms with Crippen LogP contribution in [-0.2, 0) is 16.1 Å². The molecule has 1 fully saturated rings. The summed E-state index contributed by atoms with van der Waals surface area (Å²) in [5.74, 6) is -0.388. The lowest BCUT2D eigenvalue weighted by Crippen LogP contribution is -2.29. The normalized spacial score (nSPS) is 16.8. The summed E-state index contributed by atoms with van der Waals surface area (Å²) >= 11 is 0. The highest BCUT2D eigenvalue weighted by molar-refractivity contribution is 6.46. The number of ketones is 1. The molecular formula is C28H26N2O5. The predicted molar refractivity (Wildman–Crippen MR) is 132 cm³/mol. The third kappa shape index (κ3) is 5.09. The van der Waals surface area contributed by atoms with Gasteiger partial charge in [0.25, 0.3) is 11.7 Å².